The third-order valence-electron chi connectivity index (χ3n) is 4.80. The van der Waals surface area contributed by atoms with Crippen molar-refractivity contribution in [3.63, 3.8) is 0 Å². The lowest BCUT2D eigenvalue weighted by Gasteiger charge is -2.29. The molecule has 126 valence electrons. The first kappa shape index (κ1) is 15.6. The number of hydrogen-bond acceptors (Lipinski definition) is 3. The summed E-state index contributed by atoms with van der Waals surface area (Å²) in [5.74, 6) is -0.0908. The number of fused-ring (bicyclic) bond motifs is 3. The van der Waals surface area contributed by atoms with Gasteiger partial charge < -0.3 is 4.90 Å². The van der Waals surface area contributed by atoms with Gasteiger partial charge in [-0.3, -0.25) is 9.59 Å². The van der Waals surface area contributed by atoms with Crippen LogP contribution in [0.15, 0.2) is 59.7 Å². The fourth-order valence-corrected chi connectivity index (χ4v) is 3.52. The van der Waals surface area contributed by atoms with Gasteiger partial charge in [0, 0.05) is 43.6 Å². The Bertz CT molecular complexity index is 860. The smallest absolute Gasteiger partial charge is 0.254 e. The van der Waals surface area contributed by atoms with E-state index in [4.69, 9.17) is 0 Å². The SMILES string of the molecule is CN1N=C2c3ccccc3C(=O)N(Cc3ccccc3)CC2CC1=O. The average Bonchev–Trinajstić information content (AvgIpc) is 2.73. The molecule has 25 heavy (non-hydrogen) atoms. The zero-order valence-electron chi connectivity index (χ0n) is 14.1. The number of benzene rings is 2. The second-order valence-electron chi connectivity index (χ2n) is 6.52. The first-order valence-electron chi connectivity index (χ1n) is 8.41. The van der Waals surface area contributed by atoms with E-state index in [9.17, 15) is 9.59 Å². The Morgan fingerprint density at radius 2 is 1.68 bits per heavy atom. The predicted octanol–water partition coefficient (Wildman–Crippen LogP) is 2.53. The minimum Gasteiger partial charge on any atom is -0.334 e. The van der Waals surface area contributed by atoms with Crippen LogP contribution in [0.2, 0.25) is 0 Å². The van der Waals surface area contributed by atoms with Crippen molar-refractivity contribution in [1.82, 2.24) is 9.91 Å². The van der Waals surface area contributed by atoms with E-state index < -0.39 is 0 Å². The summed E-state index contributed by atoms with van der Waals surface area (Å²) in [4.78, 5) is 27.1. The Labute approximate surface area is 146 Å². The summed E-state index contributed by atoms with van der Waals surface area (Å²) in [7, 11) is 1.67. The molecule has 0 radical (unpaired) electrons. The maximum Gasteiger partial charge on any atom is 0.254 e. The third-order valence-corrected chi connectivity index (χ3v) is 4.80. The van der Waals surface area contributed by atoms with Gasteiger partial charge in [0.05, 0.1) is 5.71 Å². The van der Waals surface area contributed by atoms with Crippen molar-refractivity contribution in [2.75, 3.05) is 13.6 Å². The third kappa shape index (κ3) is 2.82. The molecule has 0 saturated heterocycles. The number of nitrogens with zero attached hydrogens (tertiary/aromatic N) is 3. The van der Waals surface area contributed by atoms with E-state index in [0.717, 1.165) is 16.8 Å². The molecule has 2 amide bonds. The molecule has 0 saturated carbocycles. The van der Waals surface area contributed by atoms with E-state index in [2.05, 4.69) is 5.10 Å². The molecule has 2 aliphatic heterocycles. The van der Waals surface area contributed by atoms with Gasteiger partial charge >= 0.3 is 0 Å². The molecule has 5 heteroatoms. The average molecular weight is 333 g/mol. The molecule has 0 spiro atoms. The van der Waals surface area contributed by atoms with Crippen LogP contribution >= 0.6 is 0 Å². The first-order chi connectivity index (χ1) is 12.1. The van der Waals surface area contributed by atoms with Crippen LogP contribution in [0.4, 0.5) is 0 Å². The maximum absolute atomic E-state index is 13.1. The van der Waals surface area contributed by atoms with Crippen LogP contribution < -0.4 is 0 Å². The van der Waals surface area contributed by atoms with Crippen LogP contribution in [-0.2, 0) is 11.3 Å². The van der Waals surface area contributed by atoms with Crippen LogP contribution in [0.1, 0.15) is 27.9 Å². The van der Waals surface area contributed by atoms with Gasteiger partial charge in [-0.05, 0) is 11.6 Å². The van der Waals surface area contributed by atoms with Crippen molar-refractivity contribution in [1.29, 1.82) is 0 Å². The second-order valence-corrected chi connectivity index (χ2v) is 6.52. The van der Waals surface area contributed by atoms with Crippen LogP contribution in [0.5, 0.6) is 0 Å². The zero-order chi connectivity index (χ0) is 17.4. The van der Waals surface area contributed by atoms with Crippen molar-refractivity contribution in [2.45, 2.75) is 13.0 Å². The van der Waals surface area contributed by atoms with Crippen molar-refractivity contribution in [3.8, 4) is 0 Å². The lowest BCUT2D eigenvalue weighted by atomic mass is 9.91. The second kappa shape index (κ2) is 6.16. The lowest BCUT2D eigenvalue weighted by Crippen LogP contribution is -2.40. The van der Waals surface area contributed by atoms with Gasteiger partial charge in [-0.25, -0.2) is 5.01 Å². The standard InChI is InChI=1S/C20H19N3O2/c1-22-18(24)11-15-13-23(12-14-7-3-2-4-8-14)20(25)17-10-6-5-9-16(17)19(15)21-22/h2-10,15H,11-13H2,1H3. The number of amides is 2. The molecule has 0 fully saturated rings. The van der Waals surface area contributed by atoms with Crippen LogP contribution in [0.25, 0.3) is 0 Å². The molecule has 0 aromatic heterocycles. The van der Waals surface area contributed by atoms with Gasteiger partial charge in [-0.1, -0.05) is 48.5 Å². The normalized spacial score (nSPS) is 19.9. The summed E-state index contributed by atoms with van der Waals surface area (Å²) in [6.45, 7) is 1.03. The van der Waals surface area contributed by atoms with Crippen molar-refractivity contribution >= 4 is 17.5 Å². The monoisotopic (exact) mass is 333 g/mol. The number of carbonyl (C=O) groups is 2. The fraction of sp³-hybridized carbons (Fsp3) is 0.250. The Balaban J connectivity index is 1.77. The summed E-state index contributed by atoms with van der Waals surface area (Å²) in [5, 5.41) is 5.87. The quantitative estimate of drug-likeness (QED) is 0.848. The lowest BCUT2D eigenvalue weighted by molar-refractivity contribution is -0.131. The van der Waals surface area contributed by atoms with Gasteiger partial charge in [0.25, 0.3) is 5.91 Å². The van der Waals surface area contributed by atoms with Gasteiger partial charge in [-0.15, -0.1) is 0 Å². The highest BCUT2D eigenvalue weighted by Crippen LogP contribution is 2.29. The molecule has 2 aromatic rings. The Morgan fingerprint density at radius 1 is 1.00 bits per heavy atom. The highest BCUT2D eigenvalue weighted by Gasteiger charge is 2.36. The van der Waals surface area contributed by atoms with Gasteiger partial charge in [0.15, 0.2) is 0 Å². The van der Waals surface area contributed by atoms with Gasteiger partial charge in [0.1, 0.15) is 0 Å². The van der Waals surface area contributed by atoms with Crippen molar-refractivity contribution in [3.05, 3.63) is 71.3 Å². The molecule has 0 bridgehead atoms. The predicted molar refractivity (Wildman–Crippen MR) is 95.0 cm³/mol. The highest BCUT2D eigenvalue weighted by atomic mass is 16.2. The Morgan fingerprint density at radius 3 is 2.44 bits per heavy atom. The van der Waals surface area contributed by atoms with E-state index in [0.29, 0.717) is 25.1 Å². The summed E-state index contributed by atoms with van der Waals surface area (Å²) in [6.07, 6.45) is 0.377. The zero-order valence-corrected chi connectivity index (χ0v) is 14.1. The number of hydrogen-bond donors (Lipinski definition) is 0. The van der Waals surface area contributed by atoms with E-state index >= 15 is 0 Å². The molecule has 5 nitrogen and oxygen atoms in total. The van der Waals surface area contributed by atoms with Crippen LogP contribution in [0, 0.1) is 5.92 Å². The molecular formula is C20H19N3O2. The van der Waals surface area contributed by atoms with E-state index in [1.807, 2.05) is 59.5 Å². The molecule has 0 N–H and O–H groups in total. The Kier molecular flexibility index (Phi) is 3.84. The van der Waals surface area contributed by atoms with E-state index in [-0.39, 0.29) is 17.7 Å². The van der Waals surface area contributed by atoms with Crippen LogP contribution in [0.3, 0.4) is 0 Å². The molecule has 1 unspecified atom stereocenters. The molecule has 2 aliphatic rings. The van der Waals surface area contributed by atoms with Crippen LogP contribution in [-0.4, -0.2) is 41.0 Å². The minimum absolute atomic E-state index is 0.00773. The summed E-state index contributed by atoms with van der Waals surface area (Å²) in [5.41, 5.74) is 3.41. The number of hydrazone groups is 1. The van der Waals surface area contributed by atoms with Gasteiger partial charge in [-0.2, -0.15) is 5.10 Å². The van der Waals surface area contributed by atoms with E-state index in [1.54, 1.807) is 7.05 Å². The summed E-state index contributed by atoms with van der Waals surface area (Å²) in [6, 6.07) is 17.5. The van der Waals surface area contributed by atoms with Crippen molar-refractivity contribution in [2.24, 2.45) is 11.0 Å². The van der Waals surface area contributed by atoms with Crippen molar-refractivity contribution < 1.29 is 9.59 Å². The molecule has 4 rings (SSSR count). The fourth-order valence-electron chi connectivity index (χ4n) is 3.52. The summed E-state index contributed by atoms with van der Waals surface area (Å²) >= 11 is 0. The maximum atomic E-state index is 13.1. The molecule has 1 atom stereocenters. The number of rotatable bonds is 2. The number of carbonyl (C=O) groups excluding carboxylic acids is 2. The minimum atomic E-state index is -0.0694. The van der Waals surface area contributed by atoms with Gasteiger partial charge in [0.2, 0.25) is 5.91 Å². The largest absolute Gasteiger partial charge is 0.334 e. The molecule has 2 heterocycles. The topological polar surface area (TPSA) is 53.0 Å². The summed E-state index contributed by atoms with van der Waals surface area (Å²) < 4.78 is 0. The highest BCUT2D eigenvalue weighted by molar-refractivity contribution is 6.14. The first-order valence-corrected chi connectivity index (χ1v) is 8.41. The molecular weight excluding hydrogens is 314 g/mol. The molecule has 2 aromatic carbocycles. The Hall–Kier alpha value is -2.95. The van der Waals surface area contributed by atoms with E-state index in [1.165, 1.54) is 5.01 Å². The molecule has 0 aliphatic carbocycles.